The first-order valence-corrected chi connectivity index (χ1v) is 5.32. The second kappa shape index (κ2) is 5.43. The van der Waals surface area contributed by atoms with E-state index in [9.17, 15) is 0 Å². The topological polar surface area (TPSA) is 3.24 Å². The van der Waals surface area contributed by atoms with Gasteiger partial charge in [0.1, 0.15) is 0 Å². The zero-order valence-electron chi connectivity index (χ0n) is 10.1. The van der Waals surface area contributed by atoms with E-state index in [2.05, 4.69) is 52.8 Å². The van der Waals surface area contributed by atoms with E-state index in [-0.39, 0.29) is 5.54 Å². The van der Waals surface area contributed by atoms with Gasteiger partial charge in [-0.3, -0.25) is 0 Å². The zero-order chi connectivity index (χ0) is 10.5. The van der Waals surface area contributed by atoms with Gasteiger partial charge in [0.25, 0.3) is 0 Å². The average molecular weight is 183 g/mol. The summed E-state index contributed by atoms with van der Waals surface area (Å²) in [5, 5.41) is 0. The third-order valence-electron chi connectivity index (χ3n) is 2.94. The van der Waals surface area contributed by atoms with E-state index in [4.69, 9.17) is 0 Å². The fraction of sp³-hybridized carbons (Fsp3) is 0.833. The van der Waals surface area contributed by atoms with Crippen LogP contribution in [0, 0.1) is 0 Å². The molecular weight excluding hydrogens is 158 g/mol. The summed E-state index contributed by atoms with van der Waals surface area (Å²) in [4.78, 5) is 2.30. The van der Waals surface area contributed by atoms with Gasteiger partial charge in [-0.2, -0.15) is 0 Å². The van der Waals surface area contributed by atoms with Gasteiger partial charge in [-0.15, -0.1) is 0 Å². The average Bonchev–Trinajstić information content (AvgIpc) is 2.04. The molecule has 0 radical (unpaired) electrons. The summed E-state index contributed by atoms with van der Waals surface area (Å²) in [7, 11) is 4.30. The summed E-state index contributed by atoms with van der Waals surface area (Å²) in [5.74, 6) is 0. The minimum atomic E-state index is 0.235. The molecule has 0 amide bonds. The molecule has 1 atom stereocenters. The van der Waals surface area contributed by atoms with Crippen molar-refractivity contribution < 1.29 is 0 Å². The molecule has 0 heterocycles. The lowest BCUT2D eigenvalue weighted by atomic mass is 9.93. The lowest BCUT2D eigenvalue weighted by Crippen LogP contribution is -2.38. The zero-order valence-corrected chi connectivity index (χ0v) is 10.1. The van der Waals surface area contributed by atoms with Crippen LogP contribution in [0.3, 0.4) is 0 Å². The number of nitrogens with zero attached hydrogens (tertiary/aromatic N) is 1. The molecule has 13 heavy (non-hydrogen) atoms. The van der Waals surface area contributed by atoms with Crippen LogP contribution in [-0.2, 0) is 0 Å². The Kier molecular flexibility index (Phi) is 5.31. The highest BCUT2D eigenvalue weighted by Crippen LogP contribution is 2.21. The van der Waals surface area contributed by atoms with Gasteiger partial charge in [0.05, 0.1) is 0 Å². The molecule has 0 aliphatic carbocycles. The van der Waals surface area contributed by atoms with Gasteiger partial charge in [0.15, 0.2) is 0 Å². The number of hydrogen-bond donors (Lipinski definition) is 0. The van der Waals surface area contributed by atoms with E-state index in [0.29, 0.717) is 0 Å². The van der Waals surface area contributed by atoms with E-state index in [1.54, 1.807) is 0 Å². The highest BCUT2D eigenvalue weighted by molar-refractivity contribution is 5.10. The summed E-state index contributed by atoms with van der Waals surface area (Å²) in [5.41, 5.74) is 1.75. The molecule has 0 rings (SSSR count). The Morgan fingerprint density at radius 1 is 1.31 bits per heavy atom. The van der Waals surface area contributed by atoms with Crippen LogP contribution in [0.5, 0.6) is 0 Å². The summed E-state index contributed by atoms with van der Waals surface area (Å²) >= 11 is 0. The molecule has 0 aliphatic heterocycles. The second-order valence-electron chi connectivity index (χ2n) is 4.35. The Balaban J connectivity index is 4.50. The van der Waals surface area contributed by atoms with Crippen molar-refractivity contribution in [3.63, 3.8) is 0 Å². The van der Waals surface area contributed by atoms with Crippen LogP contribution in [0.25, 0.3) is 0 Å². The predicted molar refractivity (Wildman–Crippen MR) is 61.0 cm³/mol. The number of likely N-dealkylation sites (N-methyl/N-ethyl adjacent to an activating group) is 1. The molecule has 0 spiro atoms. The lowest BCUT2D eigenvalue weighted by molar-refractivity contribution is 0.221. The predicted octanol–water partition coefficient (Wildman–Crippen LogP) is 3.46. The normalized spacial score (nSPS) is 17.6. The van der Waals surface area contributed by atoms with Gasteiger partial charge >= 0.3 is 0 Å². The van der Waals surface area contributed by atoms with Crippen LogP contribution < -0.4 is 0 Å². The van der Waals surface area contributed by atoms with Crippen molar-refractivity contribution in [2.75, 3.05) is 14.1 Å². The summed E-state index contributed by atoms with van der Waals surface area (Å²) in [6, 6.07) is 0. The smallest absolute Gasteiger partial charge is 0.0356 e. The maximum atomic E-state index is 2.41. The molecule has 0 saturated heterocycles. The lowest BCUT2D eigenvalue weighted by Gasteiger charge is -2.33. The highest BCUT2D eigenvalue weighted by Gasteiger charge is 2.21. The Labute approximate surface area is 83.8 Å². The van der Waals surface area contributed by atoms with E-state index >= 15 is 0 Å². The van der Waals surface area contributed by atoms with Gasteiger partial charge in [0, 0.05) is 5.54 Å². The summed E-state index contributed by atoms with van der Waals surface area (Å²) in [6.45, 7) is 9.01. The molecule has 0 bridgehead atoms. The molecule has 0 fully saturated rings. The van der Waals surface area contributed by atoms with Crippen molar-refractivity contribution in [1.82, 2.24) is 4.90 Å². The van der Waals surface area contributed by atoms with Crippen LogP contribution in [0.15, 0.2) is 11.6 Å². The van der Waals surface area contributed by atoms with Crippen LogP contribution in [0.1, 0.15) is 47.0 Å². The standard InChI is InChI=1S/C12H25N/c1-7-9-11(3)10-12(4,8-2)13(5)6/h10H,7-9H2,1-6H3/b11-10-. The van der Waals surface area contributed by atoms with Gasteiger partial charge in [0.2, 0.25) is 0 Å². The monoisotopic (exact) mass is 183 g/mol. The minimum Gasteiger partial charge on any atom is -0.301 e. The molecule has 0 N–H and O–H groups in total. The fourth-order valence-corrected chi connectivity index (χ4v) is 1.54. The van der Waals surface area contributed by atoms with Gasteiger partial charge < -0.3 is 4.90 Å². The van der Waals surface area contributed by atoms with Crippen molar-refractivity contribution in [2.24, 2.45) is 0 Å². The van der Waals surface area contributed by atoms with Gasteiger partial charge in [-0.05, 0) is 40.8 Å². The van der Waals surface area contributed by atoms with Crippen LogP contribution >= 0.6 is 0 Å². The molecule has 1 unspecified atom stereocenters. The first-order valence-electron chi connectivity index (χ1n) is 5.32. The van der Waals surface area contributed by atoms with Crippen molar-refractivity contribution in [3.8, 4) is 0 Å². The van der Waals surface area contributed by atoms with Crippen molar-refractivity contribution in [1.29, 1.82) is 0 Å². The number of rotatable bonds is 5. The highest BCUT2D eigenvalue weighted by atomic mass is 15.1. The van der Waals surface area contributed by atoms with Gasteiger partial charge in [-0.1, -0.05) is 31.9 Å². The Bertz CT molecular complexity index is 170. The van der Waals surface area contributed by atoms with E-state index in [1.807, 2.05) is 0 Å². The molecule has 78 valence electrons. The van der Waals surface area contributed by atoms with Crippen molar-refractivity contribution in [2.45, 2.75) is 52.5 Å². The summed E-state index contributed by atoms with van der Waals surface area (Å²) in [6.07, 6.45) is 6.05. The number of allylic oxidation sites excluding steroid dienone is 1. The molecule has 0 aromatic heterocycles. The molecular formula is C12H25N. The second-order valence-corrected chi connectivity index (χ2v) is 4.35. The molecule has 0 aromatic carbocycles. The molecule has 1 heteroatoms. The first kappa shape index (κ1) is 12.7. The maximum Gasteiger partial charge on any atom is 0.0356 e. The van der Waals surface area contributed by atoms with Crippen LogP contribution in [0.4, 0.5) is 0 Å². The van der Waals surface area contributed by atoms with Crippen LogP contribution in [0.2, 0.25) is 0 Å². The van der Waals surface area contributed by atoms with E-state index in [1.165, 1.54) is 24.8 Å². The first-order chi connectivity index (χ1) is 5.96. The Morgan fingerprint density at radius 2 is 1.85 bits per heavy atom. The quantitative estimate of drug-likeness (QED) is 0.590. The summed E-state index contributed by atoms with van der Waals surface area (Å²) < 4.78 is 0. The third-order valence-corrected chi connectivity index (χ3v) is 2.94. The molecule has 0 aliphatic rings. The SMILES string of the molecule is CCC/C(C)=C\C(C)(CC)N(C)C. The Morgan fingerprint density at radius 3 is 2.15 bits per heavy atom. The Hall–Kier alpha value is -0.300. The van der Waals surface area contributed by atoms with E-state index in [0.717, 1.165) is 0 Å². The molecule has 1 nitrogen and oxygen atoms in total. The van der Waals surface area contributed by atoms with Gasteiger partial charge in [-0.25, -0.2) is 0 Å². The molecule has 0 aromatic rings. The minimum absolute atomic E-state index is 0.235. The van der Waals surface area contributed by atoms with E-state index < -0.39 is 0 Å². The fourth-order valence-electron chi connectivity index (χ4n) is 1.54. The van der Waals surface area contributed by atoms with Crippen molar-refractivity contribution in [3.05, 3.63) is 11.6 Å². The number of hydrogen-bond acceptors (Lipinski definition) is 1. The van der Waals surface area contributed by atoms with Crippen LogP contribution in [-0.4, -0.2) is 24.5 Å². The third kappa shape index (κ3) is 3.95. The van der Waals surface area contributed by atoms with Crippen molar-refractivity contribution >= 4 is 0 Å². The molecule has 0 saturated carbocycles. The maximum absolute atomic E-state index is 2.41. The largest absolute Gasteiger partial charge is 0.301 e.